The number of benzene rings is 2. The first-order valence-electron chi connectivity index (χ1n) is 8.33. The van der Waals surface area contributed by atoms with E-state index < -0.39 is 0 Å². The van der Waals surface area contributed by atoms with Crippen LogP contribution >= 0.6 is 0 Å². The van der Waals surface area contributed by atoms with Gasteiger partial charge < -0.3 is 15.4 Å². The molecule has 1 aliphatic rings. The van der Waals surface area contributed by atoms with Crippen molar-refractivity contribution >= 4 is 17.6 Å². The number of methoxy groups -OCH3 is 1. The van der Waals surface area contributed by atoms with Gasteiger partial charge in [-0.25, -0.2) is 4.79 Å². The highest BCUT2D eigenvalue weighted by atomic mass is 16.5. The molecule has 0 bridgehead atoms. The Bertz CT molecular complexity index is 786. The second-order valence-corrected chi connectivity index (χ2v) is 6.41. The van der Waals surface area contributed by atoms with Gasteiger partial charge in [-0.1, -0.05) is 30.3 Å². The fraction of sp³-hybridized carbons (Fsp3) is 0.300. The molecule has 0 radical (unpaired) electrons. The highest BCUT2D eigenvalue weighted by molar-refractivity contribution is 5.89. The first-order valence-corrected chi connectivity index (χ1v) is 8.33. The lowest BCUT2D eigenvalue weighted by Gasteiger charge is -2.40. The molecule has 0 aromatic heterocycles. The molecule has 5 nitrogen and oxygen atoms in total. The van der Waals surface area contributed by atoms with Gasteiger partial charge in [0.15, 0.2) is 0 Å². The van der Waals surface area contributed by atoms with Crippen molar-refractivity contribution in [2.45, 2.75) is 31.8 Å². The lowest BCUT2D eigenvalue weighted by atomic mass is 9.85. The van der Waals surface area contributed by atoms with E-state index in [9.17, 15) is 9.59 Å². The molecule has 0 spiro atoms. The van der Waals surface area contributed by atoms with E-state index in [1.807, 2.05) is 36.4 Å². The van der Waals surface area contributed by atoms with Crippen LogP contribution in [-0.4, -0.2) is 25.0 Å². The number of carbonyl (C=O) groups is 2. The van der Waals surface area contributed by atoms with Gasteiger partial charge in [0.05, 0.1) is 18.6 Å². The quantitative estimate of drug-likeness (QED) is 0.870. The molecule has 1 heterocycles. The predicted molar refractivity (Wildman–Crippen MR) is 96.4 cm³/mol. The summed E-state index contributed by atoms with van der Waals surface area (Å²) in [5.41, 5.74) is 9.25. The number of nitrogens with zero attached hydrogens (tertiary/aromatic N) is 1. The average molecular weight is 338 g/mol. The summed E-state index contributed by atoms with van der Waals surface area (Å²) in [6, 6.07) is 15.5. The van der Waals surface area contributed by atoms with E-state index in [1.54, 1.807) is 12.1 Å². The van der Waals surface area contributed by atoms with Crippen molar-refractivity contribution in [3.05, 3.63) is 65.2 Å². The van der Waals surface area contributed by atoms with E-state index in [-0.39, 0.29) is 23.8 Å². The van der Waals surface area contributed by atoms with Crippen LogP contribution in [0.15, 0.2) is 48.5 Å². The third-order valence-corrected chi connectivity index (χ3v) is 4.80. The molecule has 2 aromatic carbocycles. The molecule has 2 N–H and O–H groups in total. The number of primary amides is 1. The third-order valence-electron chi connectivity index (χ3n) is 4.80. The lowest BCUT2D eigenvalue weighted by Crippen LogP contribution is -2.41. The molecule has 0 saturated heterocycles. The zero-order valence-corrected chi connectivity index (χ0v) is 14.4. The number of rotatable bonds is 4. The van der Waals surface area contributed by atoms with Gasteiger partial charge in [-0.15, -0.1) is 0 Å². The fourth-order valence-corrected chi connectivity index (χ4v) is 3.45. The minimum atomic E-state index is -0.340. The van der Waals surface area contributed by atoms with Gasteiger partial charge in [-0.05, 0) is 42.7 Å². The summed E-state index contributed by atoms with van der Waals surface area (Å²) in [5.74, 6) is -0.863. The van der Waals surface area contributed by atoms with E-state index in [1.165, 1.54) is 7.11 Å². The summed E-state index contributed by atoms with van der Waals surface area (Å²) >= 11 is 0. The maximum Gasteiger partial charge on any atom is 0.337 e. The molecule has 0 unspecified atom stereocenters. The number of amides is 1. The monoisotopic (exact) mass is 338 g/mol. The van der Waals surface area contributed by atoms with Gasteiger partial charge in [0.25, 0.3) is 0 Å². The minimum absolute atomic E-state index is 0.188. The van der Waals surface area contributed by atoms with Gasteiger partial charge >= 0.3 is 5.97 Å². The second kappa shape index (κ2) is 6.97. The molecule has 0 fully saturated rings. The Morgan fingerprint density at radius 3 is 2.48 bits per heavy atom. The highest BCUT2D eigenvalue weighted by Gasteiger charge is 2.32. The highest BCUT2D eigenvalue weighted by Crippen LogP contribution is 2.38. The Morgan fingerprint density at radius 2 is 1.84 bits per heavy atom. The van der Waals surface area contributed by atoms with E-state index in [0.717, 1.165) is 16.8 Å². The molecule has 130 valence electrons. The van der Waals surface area contributed by atoms with Crippen molar-refractivity contribution in [3.8, 4) is 0 Å². The molecule has 25 heavy (non-hydrogen) atoms. The SMILES string of the molecule is COC(=O)c1ccc(CN2c3ccccc3[C@H](C(N)=O)C[C@H]2C)cc1. The normalized spacial score (nSPS) is 19.2. The standard InChI is InChI=1S/C20H22N2O3/c1-13-11-17(19(21)23)16-5-3-4-6-18(16)22(13)12-14-7-9-15(10-8-14)20(24)25-2/h3-10,13,17H,11-12H2,1-2H3,(H2,21,23)/t13-,17-/m1/s1. The number of fused-ring (bicyclic) bond motifs is 1. The van der Waals surface area contributed by atoms with Crippen LogP contribution in [-0.2, 0) is 16.1 Å². The molecule has 0 aliphatic carbocycles. The van der Waals surface area contributed by atoms with Crippen molar-refractivity contribution in [1.29, 1.82) is 0 Å². The summed E-state index contributed by atoms with van der Waals surface area (Å²) in [5, 5.41) is 0. The van der Waals surface area contributed by atoms with Gasteiger partial charge in [0, 0.05) is 18.3 Å². The van der Waals surface area contributed by atoms with Crippen molar-refractivity contribution < 1.29 is 14.3 Å². The van der Waals surface area contributed by atoms with Crippen LogP contribution in [0.4, 0.5) is 5.69 Å². The molecule has 1 amide bonds. The Labute approximate surface area is 147 Å². The third kappa shape index (κ3) is 3.36. The molecule has 2 atom stereocenters. The number of ether oxygens (including phenoxy) is 1. The zero-order valence-electron chi connectivity index (χ0n) is 14.4. The molecule has 0 saturated carbocycles. The fourth-order valence-electron chi connectivity index (χ4n) is 3.45. The van der Waals surface area contributed by atoms with Crippen molar-refractivity contribution in [3.63, 3.8) is 0 Å². The lowest BCUT2D eigenvalue weighted by molar-refractivity contribution is -0.119. The average Bonchev–Trinajstić information content (AvgIpc) is 2.63. The van der Waals surface area contributed by atoms with E-state index >= 15 is 0 Å². The number of carbonyl (C=O) groups excluding carboxylic acids is 2. The van der Waals surface area contributed by atoms with Crippen molar-refractivity contribution in [2.24, 2.45) is 5.73 Å². The Balaban J connectivity index is 1.88. The van der Waals surface area contributed by atoms with Gasteiger partial charge in [0.1, 0.15) is 0 Å². The maximum atomic E-state index is 11.8. The van der Waals surface area contributed by atoms with E-state index in [0.29, 0.717) is 18.5 Å². The van der Waals surface area contributed by atoms with Crippen LogP contribution in [0.5, 0.6) is 0 Å². The number of esters is 1. The Kier molecular flexibility index (Phi) is 4.74. The van der Waals surface area contributed by atoms with Gasteiger partial charge in [-0.2, -0.15) is 0 Å². The number of anilines is 1. The summed E-state index contributed by atoms with van der Waals surface area (Å²) in [6.45, 7) is 2.81. The van der Waals surface area contributed by atoms with Gasteiger partial charge in [0.2, 0.25) is 5.91 Å². The molecule has 3 rings (SSSR count). The topological polar surface area (TPSA) is 72.6 Å². The molecule has 1 aliphatic heterocycles. The molecule has 5 heteroatoms. The smallest absolute Gasteiger partial charge is 0.337 e. The summed E-state index contributed by atoms with van der Waals surface area (Å²) < 4.78 is 4.73. The van der Waals surface area contributed by atoms with Crippen LogP contribution in [0, 0.1) is 0 Å². The van der Waals surface area contributed by atoms with Gasteiger partial charge in [-0.3, -0.25) is 4.79 Å². The summed E-state index contributed by atoms with van der Waals surface area (Å²) in [4.78, 5) is 25.7. The zero-order chi connectivity index (χ0) is 18.0. The first-order chi connectivity index (χ1) is 12.0. The minimum Gasteiger partial charge on any atom is -0.465 e. The molecule has 2 aromatic rings. The van der Waals surface area contributed by atoms with E-state index in [2.05, 4.69) is 11.8 Å². The largest absolute Gasteiger partial charge is 0.465 e. The predicted octanol–water partition coefficient (Wildman–Crippen LogP) is 2.84. The number of para-hydroxylation sites is 1. The van der Waals surface area contributed by atoms with E-state index in [4.69, 9.17) is 10.5 Å². The Hall–Kier alpha value is -2.82. The Morgan fingerprint density at radius 1 is 1.16 bits per heavy atom. The van der Waals surface area contributed by atoms with Crippen molar-refractivity contribution in [1.82, 2.24) is 0 Å². The number of hydrogen-bond donors (Lipinski definition) is 1. The maximum absolute atomic E-state index is 11.8. The molecular weight excluding hydrogens is 316 g/mol. The van der Waals surface area contributed by atoms with Crippen LogP contribution in [0.3, 0.4) is 0 Å². The van der Waals surface area contributed by atoms with Crippen LogP contribution in [0.25, 0.3) is 0 Å². The van der Waals surface area contributed by atoms with Crippen LogP contribution in [0.1, 0.15) is 40.7 Å². The second-order valence-electron chi connectivity index (χ2n) is 6.41. The summed E-state index contributed by atoms with van der Waals surface area (Å²) in [7, 11) is 1.37. The van der Waals surface area contributed by atoms with Crippen LogP contribution in [0.2, 0.25) is 0 Å². The first kappa shape index (κ1) is 17.0. The molecular formula is C20H22N2O3. The van der Waals surface area contributed by atoms with Crippen LogP contribution < -0.4 is 10.6 Å². The number of hydrogen-bond acceptors (Lipinski definition) is 4. The number of nitrogens with two attached hydrogens (primary N) is 1. The van der Waals surface area contributed by atoms with Crippen molar-refractivity contribution in [2.75, 3.05) is 12.0 Å². The summed E-state index contributed by atoms with van der Waals surface area (Å²) in [6.07, 6.45) is 0.701.